The molecule has 14 nitrogen and oxygen atoms in total. The predicted octanol–water partition coefficient (Wildman–Crippen LogP) is -1.52. The molecule has 29 heavy (non-hydrogen) atoms. The molecule has 0 bridgehead atoms. The molecule has 3 rings (SSSR count). The van der Waals surface area contributed by atoms with Gasteiger partial charge in [-0.3, -0.25) is 23.7 Å². The minimum atomic E-state index is -4.76. The molecule has 15 heteroatoms. The number of methoxy groups -OCH3 is 1. The highest BCUT2D eigenvalue weighted by Gasteiger charge is 2.47. The number of anilines is 1. The first-order valence-electron chi connectivity index (χ1n) is 8.46. The van der Waals surface area contributed by atoms with Crippen molar-refractivity contribution in [1.82, 2.24) is 24.8 Å². The summed E-state index contributed by atoms with van der Waals surface area (Å²) in [7, 11) is -1.90. The molecule has 0 aliphatic carbocycles. The van der Waals surface area contributed by atoms with Crippen LogP contribution in [0.3, 0.4) is 0 Å². The van der Waals surface area contributed by atoms with E-state index in [1.54, 1.807) is 0 Å². The number of amides is 1. The minimum Gasteiger partial charge on any atom is -0.376 e. The molecule has 1 unspecified atom stereocenters. The molecule has 1 aliphatic rings. The molecule has 2 aromatic rings. The van der Waals surface area contributed by atoms with Gasteiger partial charge in [-0.25, -0.2) is 9.55 Å². The van der Waals surface area contributed by atoms with Crippen molar-refractivity contribution in [2.45, 2.75) is 24.9 Å². The molecule has 2 aromatic heterocycles. The Hall–Kier alpha value is -2.35. The third kappa shape index (κ3) is 4.47. The lowest BCUT2D eigenvalue weighted by Crippen LogP contribution is -2.34. The van der Waals surface area contributed by atoms with Crippen LogP contribution in [-0.4, -0.2) is 68.2 Å². The highest BCUT2D eigenvalue weighted by molar-refractivity contribution is 7.46. The number of nitrogens with two attached hydrogens (primary N) is 1. The van der Waals surface area contributed by atoms with Crippen molar-refractivity contribution >= 4 is 30.8 Å². The van der Waals surface area contributed by atoms with Crippen LogP contribution in [0.2, 0.25) is 0 Å². The predicted molar refractivity (Wildman–Crippen MR) is 97.4 cm³/mol. The van der Waals surface area contributed by atoms with Crippen molar-refractivity contribution in [2.75, 3.05) is 26.5 Å². The van der Waals surface area contributed by atoms with E-state index < -0.39 is 44.3 Å². The van der Waals surface area contributed by atoms with Gasteiger partial charge in [-0.2, -0.15) is 4.98 Å². The zero-order valence-corrected chi connectivity index (χ0v) is 16.4. The molecule has 0 spiro atoms. The molecule has 160 valence electrons. The van der Waals surface area contributed by atoms with Crippen LogP contribution in [0.5, 0.6) is 0 Å². The fraction of sp³-hybridized carbons (Fsp3) is 0.571. The number of phosphoric ester groups is 1. The third-order valence-electron chi connectivity index (χ3n) is 4.60. The number of phosphoric acid groups is 1. The third-order valence-corrected chi connectivity index (χ3v) is 5.08. The number of nitrogen functional groups attached to an aromatic ring is 1. The maximum absolute atomic E-state index is 12.0. The molecular weight excluding hydrogens is 411 g/mol. The quantitative estimate of drug-likeness (QED) is 0.318. The summed E-state index contributed by atoms with van der Waals surface area (Å²) in [6.45, 7) is -0.481. The number of nitrogens with one attached hydrogen (secondary N) is 2. The van der Waals surface area contributed by atoms with E-state index in [1.807, 2.05) is 0 Å². The van der Waals surface area contributed by atoms with Crippen LogP contribution in [0.15, 0.2) is 11.1 Å². The number of aromatic amines is 1. The van der Waals surface area contributed by atoms with Crippen molar-refractivity contribution in [1.29, 1.82) is 0 Å². The first kappa shape index (κ1) is 21.4. The largest absolute Gasteiger partial charge is 0.469 e. The Morgan fingerprint density at radius 3 is 2.86 bits per heavy atom. The number of hydrogen-bond acceptors (Lipinski definition) is 9. The Kier molecular flexibility index (Phi) is 6.03. The molecule has 1 fully saturated rings. The van der Waals surface area contributed by atoms with Crippen molar-refractivity contribution in [3.05, 3.63) is 16.7 Å². The van der Waals surface area contributed by atoms with Gasteiger partial charge in [-0.15, -0.1) is 0 Å². The second-order valence-corrected chi connectivity index (χ2v) is 7.61. The SMILES string of the molecule is CNC(=O)C[C@@H]1C(COP(=O)(O)O)O[C@@H](n2cnc3c(=O)[nH]c(N)nc32)[C@@H]1OC. The van der Waals surface area contributed by atoms with Crippen molar-refractivity contribution in [3.63, 3.8) is 0 Å². The molecule has 6 N–H and O–H groups in total. The van der Waals surface area contributed by atoms with Crippen LogP contribution >= 0.6 is 7.82 Å². The van der Waals surface area contributed by atoms with E-state index in [-0.39, 0.29) is 29.4 Å². The second kappa shape index (κ2) is 8.18. The van der Waals surface area contributed by atoms with E-state index in [4.69, 9.17) is 25.0 Å². The molecule has 0 saturated carbocycles. The van der Waals surface area contributed by atoms with Crippen molar-refractivity contribution in [3.8, 4) is 0 Å². The average Bonchev–Trinajstić information content (AvgIpc) is 3.20. The van der Waals surface area contributed by atoms with Gasteiger partial charge >= 0.3 is 7.82 Å². The number of fused-ring (bicyclic) bond motifs is 1. The number of ether oxygens (including phenoxy) is 2. The molecular formula is C14H21N6O8P. The van der Waals surface area contributed by atoms with Gasteiger partial charge in [-0.1, -0.05) is 0 Å². The fourth-order valence-corrected chi connectivity index (χ4v) is 3.66. The van der Waals surface area contributed by atoms with Crippen LogP contribution in [0, 0.1) is 5.92 Å². The van der Waals surface area contributed by atoms with E-state index >= 15 is 0 Å². The monoisotopic (exact) mass is 432 g/mol. The molecule has 4 atom stereocenters. The number of nitrogens with zero attached hydrogens (tertiary/aromatic N) is 3. The van der Waals surface area contributed by atoms with E-state index in [0.717, 1.165) is 0 Å². The molecule has 0 aromatic carbocycles. The number of carbonyl (C=O) groups excluding carboxylic acids is 1. The van der Waals surface area contributed by atoms with E-state index in [0.29, 0.717) is 0 Å². The lowest BCUT2D eigenvalue weighted by atomic mass is 9.94. The maximum Gasteiger partial charge on any atom is 0.469 e. The van der Waals surface area contributed by atoms with Crippen LogP contribution in [0.4, 0.5) is 5.95 Å². The Labute approximate surface area is 163 Å². The number of carbonyl (C=O) groups is 1. The van der Waals surface area contributed by atoms with Gasteiger partial charge in [0.05, 0.1) is 19.0 Å². The highest BCUT2D eigenvalue weighted by atomic mass is 31.2. The number of rotatable bonds is 7. The zero-order chi connectivity index (χ0) is 21.3. The smallest absolute Gasteiger partial charge is 0.376 e. The normalized spacial score (nSPS) is 24.8. The molecule has 1 amide bonds. The van der Waals surface area contributed by atoms with Gasteiger partial charge in [-0.05, 0) is 0 Å². The van der Waals surface area contributed by atoms with Gasteiger partial charge in [0, 0.05) is 26.5 Å². The lowest BCUT2D eigenvalue weighted by Gasteiger charge is -2.22. The lowest BCUT2D eigenvalue weighted by molar-refractivity contribution is -0.122. The first-order valence-corrected chi connectivity index (χ1v) is 9.99. The second-order valence-electron chi connectivity index (χ2n) is 6.37. The highest BCUT2D eigenvalue weighted by Crippen LogP contribution is 2.42. The fourth-order valence-electron chi connectivity index (χ4n) is 3.32. The Morgan fingerprint density at radius 2 is 2.24 bits per heavy atom. The minimum absolute atomic E-state index is 0.0235. The van der Waals surface area contributed by atoms with Crippen LogP contribution < -0.4 is 16.6 Å². The summed E-state index contributed by atoms with van der Waals surface area (Å²) in [5.41, 5.74) is 5.23. The van der Waals surface area contributed by atoms with Gasteiger partial charge < -0.3 is 30.3 Å². The average molecular weight is 432 g/mol. The van der Waals surface area contributed by atoms with Gasteiger partial charge in [0.2, 0.25) is 11.9 Å². The van der Waals surface area contributed by atoms with Crippen molar-refractivity contribution in [2.24, 2.45) is 5.92 Å². The maximum atomic E-state index is 12.0. The van der Waals surface area contributed by atoms with Gasteiger partial charge in [0.1, 0.15) is 6.10 Å². The number of H-pyrrole nitrogens is 1. The van der Waals surface area contributed by atoms with Crippen LogP contribution in [-0.2, 0) is 23.4 Å². The standard InChI is InChI=1S/C14H21N6O8P/c1-16-8(21)3-6-7(4-27-29(23,24)25)28-13(10(6)26-2)20-5-17-9-11(20)18-14(15)19-12(9)22/h5-7,10,13H,3-4H2,1-2H3,(H,16,21)(H2,23,24,25)(H3,15,18,19,22)/t6-,7?,10-,13-/m1/s1. The number of aromatic nitrogens is 4. The van der Waals surface area contributed by atoms with Gasteiger partial charge in [0.15, 0.2) is 17.4 Å². The van der Waals surface area contributed by atoms with Crippen molar-refractivity contribution < 1.29 is 33.1 Å². The summed E-state index contributed by atoms with van der Waals surface area (Å²) in [6, 6.07) is 0. The van der Waals surface area contributed by atoms with Gasteiger partial charge in [0.25, 0.3) is 5.56 Å². The van der Waals surface area contributed by atoms with E-state index in [9.17, 15) is 14.2 Å². The Balaban J connectivity index is 1.99. The summed E-state index contributed by atoms with van der Waals surface area (Å²) < 4.78 is 28.6. The molecule has 1 aliphatic heterocycles. The Morgan fingerprint density at radius 1 is 1.52 bits per heavy atom. The Bertz CT molecular complexity index is 1000. The summed E-state index contributed by atoms with van der Waals surface area (Å²) in [5.74, 6) is -1.07. The first-order chi connectivity index (χ1) is 13.6. The topological polar surface area (TPSA) is 204 Å². The summed E-state index contributed by atoms with van der Waals surface area (Å²) >= 11 is 0. The molecule has 0 radical (unpaired) electrons. The number of imidazole rings is 1. The molecule has 3 heterocycles. The molecule has 1 saturated heterocycles. The summed E-state index contributed by atoms with van der Waals surface area (Å²) in [4.78, 5) is 52.4. The van der Waals surface area contributed by atoms with E-state index in [2.05, 4.69) is 24.8 Å². The van der Waals surface area contributed by atoms with E-state index in [1.165, 1.54) is 25.1 Å². The summed E-state index contributed by atoms with van der Waals surface area (Å²) in [6.07, 6.45) is -1.28. The van der Waals surface area contributed by atoms with Crippen LogP contribution in [0.1, 0.15) is 12.6 Å². The summed E-state index contributed by atoms with van der Waals surface area (Å²) in [5, 5.41) is 2.49. The number of hydrogen-bond donors (Lipinski definition) is 5. The zero-order valence-electron chi connectivity index (χ0n) is 15.5. The van der Waals surface area contributed by atoms with Crippen LogP contribution in [0.25, 0.3) is 11.2 Å².